The minimum atomic E-state index is -0.392. The molecule has 0 aliphatic heterocycles. The van der Waals surface area contributed by atoms with Crippen molar-refractivity contribution in [3.63, 3.8) is 0 Å². The fourth-order valence-corrected chi connectivity index (χ4v) is 1.77. The third-order valence-electron chi connectivity index (χ3n) is 2.50. The molecule has 2 N–H and O–H groups in total. The van der Waals surface area contributed by atoms with Crippen LogP contribution in [0.4, 0.5) is 0 Å². The molecule has 0 spiro atoms. The standard InChI is InChI=1S/C13H18N2O2S/c1-14-12(16)7-8-15-13(17)11(18)9-10-5-3-2-4-6-10/h2-6,11,18H,7-9H2,1H3,(H,14,16)(H,15,17). The van der Waals surface area contributed by atoms with Gasteiger partial charge >= 0.3 is 0 Å². The maximum atomic E-state index is 11.7. The molecule has 98 valence electrons. The number of rotatable bonds is 6. The van der Waals surface area contributed by atoms with E-state index in [2.05, 4.69) is 23.3 Å². The summed E-state index contributed by atoms with van der Waals surface area (Å²) >= 11 is 4.27. The van der Waals surface area contributed by atoms with E-state index in [-0.39, 0.29) is 18.2 Å². The molecule has 0 aliphatic rings. The molecule has 4 nitrogen and oxygen atoms in total. The van der Waals surface area contributed by atoms with E-state index in [9.17, 15) is 9.59 Å². The quantitative estimate of drug-likeness (QED) is 0.666. The van der Waals surface area contributed by atoms with Crippen molar-refractivity contribution in [1.29, 1.82) is 0 Å². The zero-order chi connectivity index (χ0) is 13.4. The molecule has 1 rings (SSSR count). The second-order valence-corrected chi connectivity index (χ2v) is 4.54. The Hall–Kier alpha value is -1.49. The average molecular weight is 266 g/mol. The largest absolute Gasteiger partial charge is 0.359 e. The van der Waals surface area contributed by atoms with Crippen molar-refractivity contribution < 1.29 is 9.59 Å². The highest BCUT2D eigenvalue weighted by Gasteiger charge is 2.14. The summed E-state index contributed by atoms with van der Waals surface area (Å²) in [6.45, 7) is 0.338. The van der Waals surface area contributed by atoms with Gasteiger partial charge in [-0.25, -0.2) is 0 Å². The average Bonchev–Trinajstić information content (AvgIpc) is 2.39. The zero-order valence-electron chi connectivity index (χ0n) is 10.3. The van der Waals surface area contributed by atoms with Gasteiger partial charge in [-0.1, -0.05) is 30.3 Å². The Kier molecular flexibility index (Phi) is 6.28. The van der Waals surface area contributed by atoms with Gasteiger partial charge in [0.2, 0.25) is 11.8 Å². The minimum Gasteiger partial charge on any atom is -0.359 e. The highest BCUT2D eigenvalue weighted by Crippen LogP contribution is 2.07. The number of benzene rings is 1. The number of amides is 2. The third kappa shape index (κ3) is 5.23. The summed E-state index contributed by atoms with van der Waals surface area (Å²) in [6.07, 6.45) is 0.865. The van der Waals surface area contributed by atoms with Crippen molar-refractivity contribution in [2.75, 3.05) is 13.6 Å². The number of hydrogen-bond donors (Lipinski definition) is 3. The van der Waals surface area contributed by atoms with Crippen molar-refractivity contribution in [2.45, 2.75) is 18.1 Å². The molecule has 1 aromatic rings. The van der Waals surface area contributed by atoms with E-state index >= 15 is 0 Å². The Labute approximate surface area is 113 Å². The van der Waals surface area contributed by atoms with E-state index in [4.69, 9.17) is 0 Å². The number of nitrogens with one attached hydrogen (secondary N) is 2. The maximum Gasteiger partial charge on any atom is 0.233 e. The molecule has 18 heavy (non-hydrogen) atoms. The van der Waals surface area contributed by atoms with Gasteiger partial charge in [-0.05, 0) is 12.0 Å². The Morgan fingerprint density at radius 2 is 1.94 bits per heavy atom. The van der Waals surface area contributed by atoms with E-state index < -0.39 is 5.25 Å². The van der Waals surface area contributed by atoms with Gasteiger partial charge in [0, 0.05) is 20.0 Å². The SMILES string of the molecule is CNC(=O)CCNC(=O)C(S)Cc1ccccc1. The van der Waals surface area contributed by atoms with Gasteiger partial charge in [0.25, 0.3) is 0 Å². The van der Waals surface area contributed by atoms with E-state index in [1.807, 2.05) is 30.3 Å². The second kappa shape index (κ2) is 7.76. The molecule has 1 aromatic carbocycles. The fraction of sp³-hybridized carbons (Fsp3) is 0.385. The van der Waals surface area contributed by atoms with Crippen LogP contribution >= 0.6 is 12.6 Å². The first-order valence-corrected chi connectivity index (χ1v) is 6.35. The molecule has 2 amide bonds. The lowest BCUT2D eigenvalue weighted by Crippen LogP contribution is -2.35. The lowest BCUT2D eigenvalue weighted by atomic mass is 10.1. The van der Waals surface area contributed by atoms with Gasteiger partial charge in [-0.2, -0.15) is 12.6 Å². The van der Waals surface area contributed by atoms with Crippen LogP contribution in [-0.2, 0) is 16.0 Å². The summed E-state index contributed by atoms with van der Waals surface area (Å²) in [6, 6.07) is 9.71. The Morgan fingerprint density at radius 1 is 1.28 bits per heavy atom. The molecule has 0 heterocycles. The molecule has 0 aromatic heterocycles. The van der Waals surface area contributed by atoms with Crippen LogP contribution in [0, 0.1) is 0 Å². The molecule has 0 saturated carbocycles. The van der Waals surface area contributed by atoms with Crippen LogP contribution in [0.5, 0.6) is 0 Å². The molecular weight excluding hydrogens is 248 g/mol. The summed E-state index contributed by atoms with van der Waals surface area (Å²) in [7, 11) is 1.57. The summed E-state index contributed by atoms with van der Waals surface area (Å²) in [4.78, 5) is 22.7. The third-order valence-corrected chi connectivity index (χ3v) is 2.92. The van der Waals surface area contributed by atoms with E-state index in [1.54, 1.807) is 7.05 Å². The molecule has 0 bridgehead atoms. The second-order valence-electron chi connectivity index (χ2n) is 3.92. The van der Waals surface area contributed by atoms with Crippen LogP contribution in [0.25, 0.3) is 0 Å². The normalized spacial score (nSPS) is 11.7. The van der Waals surface area contributed by atoms with Crippen LogP contribution < -0.4 is 10.6 Å². The van der Waals surface area contributed by atoms with Crippen molar-refractivity contribution in [3.05, 3.63) is 35.9 Å². The summed E-state index contributed by atoms with van der Waals surface area (Å²) in [5, 5.41) is 4.80. The van der Waals surface area contributed by atoms with Crippen molar-refractivity contribution in [2.24, 2.45) is 0 Å². The van der Waals surface area contributed by atoms with Gasteiger partial charge in [0.05, 0.1) is 5.25 Å². The monoisotopic (exact) mass is 266 g/mol. The number of thiol groups is 1. The fourth-order valence-electron chi connectivity index (χ4n) is 1.47. The van der Waals surface area contributed by atoms with Crippen LogP contribution in [0.15, 0.2) is 30.3 Å². The molecule has 0 fully saturated rings. The van der Waals surface area contributed by atoms with Gasteiger partial charge in [-0.15, -0.1) is 0 Å². The first-order chi connectivity index (χ1) is 8.63. The Morgan fingerprint density at radius 3 is 2.56 bits per heavy atom. The summed E-state index contributed by atoms with van der Waals surface area (Å²) in [5.74, 6) is -0.236. The van der Waals surface area contributed by atoms with Gasteiger partial charge in [0.15, 0.2) is 0 Å². The van der Waals surface area contributed by atoms with Gasteiger partial charge in [0.1, 0.15) is 0 Å². The Balaban J connectivity index is 2.31. The lowest BCUT2D eigenvalue weighted by molar-refractivity contribution is -0.121. The number of carbonyl (C=O) groups excluding carboxylic acids is 2. The number of hydrogen-bond acceptors (Lipinski definition) is 3. The highest BCUT2D eigenvalue weighted by atomic mass is 32.1. The molecule has 0 saturated heterocycles. The van der Waals surface area contributed by atoms with Gasteiger partial charge in [-0.3, -0.25) is 9.59 Å². The van der Waals surface area contributed by atoms with Crippen LogP contribution in [0.2, 0.25) is 0 Å². The molecule has 5 heteroatoms. The van der Waals surface area contributed by atoms with E-state index in [1.165, 1.54) is 0 Å². The predicted octanol–water partition coefficient (Wildman–Crippen LogP) is 0.780. The van der Waals surface area contributed by atoms with Crippen LogP contribution in [0.3, 0.4) is 0 Å². The van der Waals surface area contributed by atoms with Crippen molar-refractivity contribution in [1.82, 2.24) is 10.6 Å². The van der Waals surface area contributed by atoms with Gasteiger partial charge < -0.3 is 10.6 Å². The number of carbonyl (C=O) groups is 2. The molecule has 0 aliphatic carbocycles. The lowest BCUT2D eigenvalue weighted by Gasteiger charge is -2.11. The predicted molar refractivity (Wildman–Crippen MR) is 74.6 cm³/mol. The topological polar surface area (TPSA) is 58.2 Å². The van der Waals surface area contributed by atoms with Crippen LogP contribution in [-0.4, -0.2) is 30.7 Å². The maximum absolute atomic E-state index is 11.7. The van der Waals surface area contributed by atoms with Crippen molar-refractivity contribution in [3.8, 4) is 0 Å². The van der Waals surface area contributed by atoms with Crippen LogP contribution in [0.1, 0.15) is 12.0 Å². The highest BCUT2D eigenvalue weighted by molar-refractivity contribution is 7.81. The van der Waals surface area contributed by atoms with E-state index in [0.717, 1.165) is 5.56 Å². The Bertz CT molecular complexity index is 395. The first kappa shape index (κ1) is 14.6. The van der Waals surface area contributed by atoms with E-state index in [0.29, 0.717) is 13.0 Å². The molecule has 1 unspecified atom stereocenters. The first-order valence-electron chi connectivity index (χ1n) is 5.83. The summed E-state index contributed by atoms with van der Waals surface area (Å²) in [5.41, 5.74) is 1.07. The molecular formula is C13H18N2O2S. The van der Waals surface area contributed by atoms with Crippen molar-refractivity contribution >= 4 is 24.4 Å². The zero-order valence-corrected chi connectivity index (χ0v) is 11.2. The molecule has 0 radical (unpaired) electrons. The molecule has 1 atom stereocenters. The minimum absolute atomic E-state index is 0.0888. The smallest absolute Gasteiger partial charge is 0.233 e. The summed E-state index contributed by atoms with van der Waals surface area (Å²) < 4.78 is 0.